The highest BCUT2D eigenvalue weighted by Gasteiger charge is 1.96. The molecule has 1 aromatic rings. The van der Waals surface area contributed by atoms with Crippen LogP contribution in [0.4, 0.5) is 11.4 Å². The van der Waals surface area contributed by atoms with Crippen molar-refractivity contribution >= 4 is 23.5 Å². The molecule has 58 valence electrons. The summed E-state index contributed by atoms with van der Waals surface area (Å²) >= 11 is 0. The van der Waals surface area contributed by atoms with Gasteiger partial charge in [-0.15, -0.1) is 0 Å². The second-order valence-electron chi connectivity index (χ2n) is 1.89. The Morgan fingerprint density at radius 3 is 1.67 bits per heavy atom. The Morgan fingerprint density at radius 1 is 0.917 bits per heavy atom. The zero-order valence-electron chi connectivity index (χ0n) is 6.02. The van der Waals surface area contributed by atoms with Crippen molar-refractivity contribution in [2.24, 2.45) is 9.98 Å². The molecule has 0 N–H and O–H groups in total. The normalized spacial score (nSPS) is 8.00. The molecule has 0 saturated carbocycles. The van der Waals surface area contributed by atoms with Crippen LogP contribution in [0.15, 0.2) is 34.3 Å². The Hall–Kier alpha value is -2.02. The lowest BCUT2D eigenvalue weighted by atomic mass is 10.3. The molecule has 4 heteroatoms. The van der Waals surface area contributed by atoms with E-state index >= 15 is 0 Å². The van der Waals surface area contributed by atoms with Gasteiger partial charge >= 0.3 is 0 Å². The quantitative estimate of drug-likeness (QED) is 0.487. The highest BCUT2D eigenvalue weighted by atomic mass is 16.1. The lowest BCUT2D eigenvalue weighted by Gasteiger charge is -1.92. The van der Waals surface area contributed by atoms with Gasteiger partial charge in [-0.25, -0.2) is 9.59 Å². The van der Waals surface area contributed by atoms with Crippen molar-refractivity contribution < 1.29 is 9.59 Å². The molecule has 1 aromatic carbocycles. The molecule has 1 rings (SSSR count). The monoisotopic (exact) mass is 160 g/mol. The maximum Gasteiger partial charge on any atom is 0.240 e. The van der Waals surface area contributed by atoms with Crippen molar-refractivity contribution in [3.63, 3.8) is 0 Å². The number of nitrogens with zero attached hydrogens (tertiary/aromatic N) is 2. The molecule has 0 saturated heterocycles. The third-order valence-corrected chi connectivity index (χ3v) is 1.21. The van der Waals surface area contributed by atoms with E-state index < -0.39 is 0 Å². The Kier molecular flexibility index (Phi) is 2.68. The third-order valence-electron chi connectivity index (χ3n) is 1.21. The van der Waals surface area contributed by atoms with E-state index in [0.717, 1.165) is 0 Å². The Morgan fingerprint density at radius 2 is 1.33 bits per heavy atom. The molecule has 0 fully saturated rings. The first-order chi connectivity index (χ1) is 5.88. The van der Waals surface area contributed by atoms with E-state index in [1.165, 1.54) is 12.2 Å². The van der Waals surface area contributed by atoms with E-state index in [9.17, 15) is 9.59 Å². The lowest BCUT2D eigenvalue weighted by molar-refractivity contribution is 0.564. The molecule has 0 amide bonds. The van der Waals surface area contributed by atoms with Gasteiger partial charge in [0.15, 0.2) is 0 Å². The summed E-state index contributed by atoms with van der Waals surface area (Å²) < 4.78 is 0. The number of hydrogen-bond acceptors (Lipinski definition) is 4. The molecule has 12 heavy (non-hydrogen) atoms. The first-order valence-corrected chi connectivity index (χ1v) is 3.13. The molecule has 0 aromatic heterocycles. The average molecular weight is 160 g/mol. The van der Waals surface area contributed by atoms with E-state index in [-0.39, 0.29) is 0 Å². The molecule has 4 nitrogen and oxygen atoms in total. The molecule has 0 bridgehead atoms. The summed E-state index contributed by atoms with van der Waals surface area (Å²) in [6, 6.07) is 6.47. The van der Waals surface area contributed by atoms with E-state index in [0.29, 0.717) is 11.4 Å². The predicted octanol–water partition coefficient (Wildman–Crippen LogP) is 1.62. The number of benzene rings is 1. The molecule has 0 aliphatic rings. The molecular weight excluding hydrogens is 156 g/mol. The summed E-state index contributed by atoms with van der Waals surface area (Å²) in [6.07, 6.45) is 2.74. The van der Waals surface area contributed by atoms with E-state index in [1.807, 2.05) is 0 Å². The number of aliphatic imine (C=N–C) groups is 2. The van der Waals surface area contributed by atoms with Crippen molar-refractivity contribution in [1.82, 2.24) is 0 Å². The van der Waals surface area contributed by atoms with Crippen LogP contribution in [-0.4, -0.2) is 12.2 Å². The van der Waals surface area contributed by atoms with Crippen molar-refractivity contribution in [1.29, 1.82) is 0 Å². The second-order valence-corrected chi connectivity index (χ2v) is 1.89. The fourth-order valence-corrected chi connectivity index (χ4v) is 0.752. The minimum atomic E-state index is 0.316. The van der Waals surface area contributed by atoms with Crippen molar-refractivity contribution in [3.8, 4) is 0 Å². The first-order valence-electron chi connectivity index (χ1n) is 3.13. The molecule has 0 spiro atoms. The Bertz CT molecular complexity index is 337. The summed E-state index contributed by atoms with van der Waals surface area (Å²) in [4.78, 5) is 26.5. The molecule has 0 radical (unpaired) electrons. The summed E-state index contributed by atoms with van der Waals surface area (Å²) in [5, 5.41) is 0. The van der Waals surface area contributed by atoms with Gasteiger partial charge in [-0.1, -0.05) is 12.1 Å². The third kappa shape index (κ3) is 1.73. The van der Waals surface area contributed by atoms with Crippen molar-refractivity contribution in [2.45, 2.75) is 0 Å². The van der Waals surface area contributed by atoms with Crippen molar-refractivity contribution in [2.75, 3.05) is 0 Å². The molecule has 0 unspecified atom stereocenters. The minimum absolute atomic E-state index is 0.316. The summed E-state index contributed by atoms with van der Waals surface area (Å²) in [7, 11) is 0. The Balaban J connectivity index is 3.25. The molecular formula is C8H4N2O2. The minimum Gasteiger partial charge on any atom is -0.211 e. The number of carbonyl (C=O) groups excluding carboxylic acids is 2. The second kappa shape index (κ2) is 3.98. The number of para-hydroxylation sites is 2. The molecule has 0 aliphatic carbocycles. The highest BCUT2D eigenvalue weighted by Crippen LogP contribution is 2.25. The molecule has 0 atom stereocenters. The van der Waals surface area contributed by atoms with Gasteiger partial charge in [0.25, 0.3) is 0 Å². The molecule has 0 aliphatic heterocycles. The highest BCUT2D eigenvalue weighted by molar-refractivity contribution is 5.67. The van der Waals surface area contributed by atoms with Crippen LogP contribution in [0.3, 0.4) is 0 Å². The van der Waals surface area contributed by atoms with Crippen LogP contribution in [0, 0.1) is 0 Å². The molecule has 0 heterocycles. The van der Waals surface area contributed by atoms with Gasteiger partial charge in [-0.2, -0.15) is 9.98 Å². The van der Waals surface area contributed by atoms with Gasteiger partial charge in [0.2, 0.25) is 12.2 Å². The summed E-state index contributed by atoms with van der Waals surface area (Å²) in [5.74, 6) is 0. The van der Waals surface area contributed by atoms with E-state index in [1.54, 1.807) is 24.3 Å². The van der Waals surface area contributed by atoms with Crippen LogP contribution in [0.2, 0.25) is 0 Å². The lowest BCUT2D eigenvalue weighted by Crippen LogP contribution is -1.66. The topological polar surface area (TPSA) is 58.9 Å². The van der Waals surface area contributed by atoms with Gasteiger partial charge < -0.3 is 0 Å². The van der Waals surface area contributed by atoms with Crippen LogP contribution < -0.4 is 0 Å². The largest absolute Gasteiger partial charge is 0.240 e. The SMILES string of the molecule is O=C=Nc1ccccc1N=C=O. The van der Waals surface area contributed by atoms with Crippen LogP contribution in [-0.2, 0) is 9.59 Å². The van der Waals surface area contributed by atoms with Crippen LogP contribution in [0.25, 0.3) is 0 Å². The maximum absolute atomic E-state index is 9.90. The zero-order chi connectivity index (χ0) is 8.81. The fourth-order valence-electron chi connectivity index (χ4n) is 0.752. The number of isocyanates is 2. The van der Waals surface area contributed by atoms with Crippen LogP contribution in [0.5, 0.6) is 0 Å². The number of rotatable bonds is 2. The standard InChI is InChI=1S/C8H4N2O2/c11-5-9-7-3-1-2-4-8(7)10-6-12/h1-4H. The fraction of sp³-hybridized carbons (Fsp3) is 0. The average Bonchev–Trinajstić information content (AvgIpc) is 2.09. The smallest absolute Gasteiger partial charge is 0.211 e. The van der Waals surface area contributed by atoms with Gasteiger partial charge in [0, 0.05) is 0 Å². The van der Waals surface area contributed by atoms with Gasteiger partial charge in [-0.3, -0.25) is 0 Å². The van der Waals surface area contributed by atoms with Crippen molar-refractivity contribution in [3.05, 3.63) is 24.3 Å². The summed E-state index contributed by atoms with van der Waals surface area (Å²) in [5.41, 5.74) is 0.631. The van der Waals surface area contributed by atoms with E-state index in [2.05, 4.69) is 9.98 Å². The zero-order valence-corrected chi connectivity index (χ0v) is 6.02. The van der Waals surface area contributed by atoms with E-state index in [4.69, 9.17) is 0 Å². The number of hydrogen-bond donors (Lipinski definition) is 0. The Labute approximate surface area is 68.3 Å². The van der Waals surface area contributed by atoms with Gasteiger partial charge in [0.1, 0.15) is 11.4 Å². The summed E-state index contributed by atoms with van der Waals surface area (Å²) in [6.45, 7) is 0. The van der Waals surface area contributed by atoms with Crippen LogP contribution in [0.1, 0.15) is 0 Å². The van der Waals surface area contributed by atoms with Gasteiger partial charge in [0.05, 0.1) is 0 Å². The van der Waals surface area contributed by atoms with Gasteiger partial charge in [-0.05, 0) is 12.1 Å². The van der Waals surface area contributed by atoms with Crippen LogP contribution >= 0.6 is 0 Å². The maximum atomic E-state index is 9.90. The predicted molar refractivity (Wildman–Crippen MR) is 42.0 cm³/mol. The first kappa shape index (κ1) is 8.08.